The van der Waals surface area contributed by atoms with Crippen molar-refractivity contribution in [1.82, 2.24) is 34.5 Å². The first kappa shape index (κ1) is 45.6. The number of H-pyrrole nitrogens is 1. The molecule has 0 saturated carbocycles. The monoisotopic (exact) mass is 936 g/mol. The standard InChI is InChI=1S/C50H53ClN12O5/c1-4-44(66)62-26-25-61(29-35(62)15-18-52)47-36-17-20-60(41-10-6-8-32-7-5-9-39(51)46(32)41)30-40(36)54-49(55-47)53-19-16-45(67)59-23-21-58(22-24-59)33-11-13-34(14-12-33)63-48(56-57-50(63)68)38-27-37(31(2)3)42(64)28-43(38)65/h4-14,27-28,31,35,64-65H,1,15-17,19-26,29-30H2,2-3H3,(H,57,68)(H,53,54,55). The van der Waals surface area contributed by atoms with Crippen LogP contribution in [0.4, 0.5) is 23.1 Å². The molecule has 5 heterocycles. The van der Waals surface area contributed by atoms with E-state index in [4.69, 9.17) is 21.6 Å². The van der Waals surface area contributed by atoms with Crippen LogP contribution in [-0.4, -0.2) is 122 Å². The van der Waals surface area contributed by atoms with Gasteiger partial charge in [-0.05, 0) is 71.8 Å². The zero-order chi connectivity index (χ0) is 47.6. The van der Waals surface area contributed by atoms with E-state index in [2.05, 4.69) is 61.1 Å². The highest BCUT2D eigenvalue weighted by Crippen LogP contribution is 2.39. The third kappa shape index (κ3) is 8.98. The molecule has 350 valence electrons. The lowest BCUT2D eigenvalue weighted by Crippen LogP contribution is -2.55. The normalized spacial score (nSPS) is 16.2. The number of piperazine rings is 2. The zero-order valence-electron chi connectivity index (χ0n) is 38.0. The van der Waals surface area contributed by atoms with Crippen LogP contribution in [0.15, 0.2) is 90.2 Å². The Bertz CT molecular complexity index is 2990. The minimum absolute atomic E-state index is 0.0111. The van der Waals surface area contributed by atoms with Gasteiger partial charge in [0.25, 0.3) is 0 Å². The van der Waals surface area contributed by atoms with Crippen molar-refractivity contribution in [3.8, 4) is 34.6 Å². The molecule has 6 aromatic rings. The molecule has 9 rings (SSSR count). The fourth-order valence-corrected chi connectivity index (χ4v) is 9.93. The summed E-state index contributed by atoms with van der Waals surface area (Å²) in [5.74, 6) is 0.962. The number of hydrogen-bond donors (Lipinski definition) is 4. The lowest BCUT2D eigenvalue weighted by atomic mass is 9.98. The summed E-state index contributed by atoms with van der Waals surface area (Å²) in [6.45, 7) is 12.7. The summed E-state index contributed by atoms with van der Waals surface area (Å²) in [7, 11) is 0. The van der Waals surface area contributed by atoms with E-state index in [0.29, 0.717) is 99.7 Å². The SMILES string of the molecule is C=CC(=O)N1CCN(c2nc(NCCC(=O)N3CCN(c4ccc(-n5c(-c6cc(C(C)C)c(O)cc6O)n[nH]c5=O)cc4)CC3)nc3c2CCN(c2cccc4cccc(Cl)c24)C3)CC1CC#N. The minimum Gasteiger partial charge on any atom is -0.508 e. The second kappa shape index (κ2) is 19.3. The highest BCUT2D eigenvalue weighted by Gasteiger charge is 2.34. The first-order valence-corrected chi connectivity index (χ1v) is 23.3. The zero-order valence-corrected chi connectivity index (χ0v) is 38.8. The number of hydrogen-bond acceptors (Lipinski definition) is 13. The number of phenols is 2. The van der Waals surface area contributed by atoms with Gasteiger partial charge < -0.3 is 40.0 Å². The molecule has 3 aliphatic rings. The van der Waals surface area contributed by atoms with E-state index in [1.54, 1.807) is 11.0 Å². The van der Waals surface area contributed by atoms with Crippen LogP contribution in [0.3, 0.4) is 0 Å². The maximum Gasteiger partial charge on any atom is 0.348 e. The highest BCUT2D eigenvalue weighted by atomic mass is 35.5. The van der Waals surface area contributed by atoms with Crippen LogP contribution < -0.4 is 25.7 Å². The molecule has 0 aliphatic carbocycles. The van der Waals surface area contributed by atoms with E-state index >= 15 is 0 Å². The molecule has 68 heavy (non-hydrogen) atoms. The van der Waals surface area contributed by atoms with Gasteiger partial charge in [-0.2, -0.15) is 15.3 Å². The number of carbonyl (C=O) groups is 2. The number of anilines is 4. The molecule has 18 heteroatoms. The van der Waals surface area contributed by atoms with Crippen LogP contribution in [0, 0.1) is 11.3 Å². The van der Waals surface area contributed by atoms with Crippen LogP contribution in [0.5, 0.6) is 11.5 Å². The van der Waals surface area contributed by atoms with Crippen LogP contribution in [-0.2, 0) is 22.6 Å². The predicted molar refractivity (Wildman–Crippen MR) is 263 cm³/mol. The third-order valence-electron chi connectivity index (χ3n) is 13.2. The lowest BCUT2D eigenvalue weighted by Gasteiger charge is -2.42. The van der Waals surface area contributed by atoms with E-state index in [-0.39, 0.29) is 53.9 Å². The summed E-state index contributed by atoms with van der Waals surface area (Å²) in [6.07, 6.45) is 2.38. The van der Waals surface area contributed by atoms with E-state index < -0.39 is 5.69 Å². The Balaban J connectivity index is 0.869. The van der Waals surface area contributed by atoms with Crippen molar-refractivity contribution >= 4 is 57.3 Å². The molecule has 2 amide bonds. The first-order valence-electron chi connectivity index (χ1n) is 22.9. The number of nitriles is 1. The van der Waals surface area contributed by atoms with Crippen molar-refractivity contribution in [2.45, 2.75) is 51.6 Å². The van der Waals surface area contributed by atoms with Crippen LogP contribution in [0.25, 0.3) is 27.8 Å². The number of benzene rings is 4. The summed E-state index contributed by atoms with van der Waals surface area (Å²) < 4.78 is 1.39. The summed E-state index contributed by atoms with van der Waals surface area (Å²) in [5.41, 5.74) is 4.86. The molecule has 2 saturated heterocycles. The molecular weight excluding hydrogens is 884 g/mol. The fraction of sp³-hybridized carbons (Fsp3) is 0.340. The number of aromatic hydroxyl groups is 2. The van der Waals surface area contributed by atoms with E-state index in [0.717, 1.165) is 39.2 Å². The Morgan fingerprint density at radius 3 is 2.41 bits per heavy atom. The Hall–Kier alpha value is -7.58. The molecule has 4 aromatic carbocycles. The van der Waals surface area contributed by atoms with Crippen molar-refractivity contribution in [1.29, 1.82) is 5.26 Å². The van der Waals surface area contributed by atoms with Gasteiger partial charge in [0.2, 0.25) is 17.8 Å². The lowest BCUT2D eigenvalue weighted by molar-refractivity contribution is -0.131. The van der Waals surface area contributed by atoms with Gasteiger partial charge in [0.1, 0.15) is 17.3 Å². The summed E-state index contributed by atoms with van der Waals surface area (Å²) in [4.78, 5) is 59.7. The molecule has 2 fully saturated rings. The topological polar surface area (TPSA) is 203 Å². The van der Waals surface area contributed by atoms with E-state index in [9.17, 15) is 29.9 Å². The maximum absolute atomic E-state index is 13.6. The minimum atomic E-state index is -0.470. The second-order valence-corrected chi connectivity index (χ2v) is 18.0. The maximum atomic E-state index is 13.6. The number of nitrogens with one attached hydrogen (secondary N) is 2. The number of carbonyl (C=O) groups excluding carboxylic acids is 2. The number of aromatic nitrogens is 5. The van der Waals surface area contributed by atoms with Gasteiger partial charge in [-0.1, -0.05) is 56.3 Å². The quantitative estimate of drug-likeness (QED) is 0.101. The largest absolute Gasteiger partial charge is 0.508 e. The Morgan fingerprint density at radius 1 is 0.941 bits per heavy atom. The number of fused-ring (bicyclic) bond motifs is 2. The van der Waals surface area contributed by atoms with Crippen LogP contribution in [0.2, 0.25) is 5.02 Å². The second-order valence-electron chi connectivity index (χ2n) is 17.6. The Morgan fingerprint density at radius 2 is 1.68 bits per heavy atom. The number of rotatable bonds is 12. The van der Waals surface area contributed by atoms with Crippen molar-refractivity contribution in [2.24, 2.45) is 0 Å². The van der Waals surface area contributed by atoms with Gasteiger partial charge in [-0.25, -0.2) is 19.4 Å². The highest BCUT2D eigenvalue weighted by molar-refractivity contribution is 6.36. The molecule has 0 spiro atoms. The molecular formula is C50H53ClN12O5. The molecule has 1 unspecified atom stereocenters. The predicted octanol–water partition coefficient (Wildman–Crippen LogP) is 6.19. The van der Waals surface area contributed by atoms with Gasteiger partial charge in [-0.3, -0.25) is 9.59 Å². The summed E-state index contributed by atoms with van der Waals surface area (Å²) in [5, 5.41) is 43.6. The molecule has 1 atom stereocenters. The van der Waals surface area contributed by atoms with Gasteiger partial charge in [-0.15, -0.1) is 0 Å². The number of aromatic amines is 1. The first-order chi connectivity index (χ1) is 32.9. The van der Waals surface area contributed by atoms with Crippen molar-refractivity contribution in [3.05, 3.63) is 118 Å². The molecule has 3 aliphatic heterocycles. The molecule has 2 aromatic heterocycles. The Labute approximate surface area is 398 Å². The number of phenolic OH excluding ortho intramolecular Hbond substituents is 2. The average molecular weight is 938 g/mol. The molecule has 0 radical (unpaired) electrons. The van der Waals surface area contributed by atoms with E-state index in [1.807, 2.05) is 61.2 Å². The van der Waals surface area contributed by atoms with Gasteiger partial charge in [0.15, 0.2) is 5.82 Å². The van der Waals surface area contributed by atoms with Crippen LogP contribution in [0.1, 0.15) is 49.4 Å². The molecule has 17 nitrogen and oxygen atoms in total. The number of nitrogens with zero attached hydrogens (tertiary/aromatic N) is 10. The van der Waals surface area contributed by atoms with Gasteiger partial charge in [0, 0.05) is 93.7 Å². The summed E-state index contributed by atoms with van der Waals surface area (Å²) >= 11 is 6.77. The van der Waals surface area contributed by atoms with Crippen molar-refractivity contribution in [2.75, 3.05) is 78.9 Å². The number of halogens is 1. The molecule has 0 bridgehead atoms. The fourth-order valence-electron chi connectivity index (χ4n) is 9.65. The smallest absolute Gasteiger partial charge is 0.348 e. The molecule has 4 N–H and O–H groups in total. The average Bonchev–Trinajstić information content (AvgIpc) is 3.73. The number of amides is 2. The van der Waals surface area contributed by atoms with Crippen molar-refractivity contribution in [3.63, 3.8) is 0 Å². The van der Waals surface area contributed by atoms with Crippen LogP contribution >= 0.6 is 11.6 Å². The van der Waals surface area contributed by atoms with Crippen molar-refractivity contribution < 1.29 is 19.8 Å². The van der Waals surface area contributed by atoms with Gasteiger partial charge in [0.05, 0.1) is 47.0 Å². The van der Waals surface area contributed by atoms with Gasteiger partial charge >= 0.3 is 5.69 Å². The van der Waals surface area contributed by atoms with E-state index in [1.165, 1.54) is 16.7 Å². The summed E-state index contributed by atoms with van der Waals surface area (Å²) in [6, 6.07) is 24.4. The third-order valence-corrected chi connectivity index (χ3v) is 13.5. The Kier molecular flexibility index (Phi) is 13.0.